The number of unbranched alkanes of at least 4 members (excludes halogenated alkanes) is 5. The highest BCUT2D eigenvalue weighted by Crippen LogP contribution is 2.09. The Morgan fingerprint density at radius 1 is 1.00 bits per heavy atom. The highest BCUT2D eigenvalue weighted by atomic mass is 35.6. The van der Waals surface area contributed by atoms with Gasteiger partial charge in [-0.3, -0.25) is 0 Å². The molecule has 0 bridgehead atoms. The van der Waals surface area contributed by atoms with Gasteiger partial charge in [0.05, 0.1) is 0 Å². The third-order valence-corrected chi connectivity index (χ3v) is 3.81. The Morgan fingerprint density at radius 2 is 1.55 bits per heavy atom. The molecule has 0 aromatic rings. The first-order chi connectivity index (χ1) is 5.27. The van der Waals surface area contributed by atoms with Crippen LogP contribution in [-0.2, 0) is 0 Å². The molecule has 0 nitrogen and oxygen atoms in total. The van der Waals surface area contributed by atoms with E-state index in [4.69, 9.17) is 11.1 Å². The van der Waals surface area contributed by atoms with Crippen molar-refractivity contribution in [1.82, 2.24) is 0 Å². The monoisotopic (exact) mass is 192 g/mol. The Bertz CT molecular complexity index is 74.0. The topological polar surface area (TPSA) is 0 Å². The predicted octanol–water partition coefficient (Wildman–Crippen LogP) is 3.94. The van der Waals surface area contributed by atoms with Crippen LogP contribution >= 0.6 is 11.1 Å². The largest absolute Gasteiger partial charge is 0.172 e. The van der Waals surface area contributed by atoms with E-state index in [0.717, 1.165) is 0 Å². The highest BCUT2D eigenvalue weighted by Gasteiger charge is 1.97. The SMILES string of the molecule is CCCCCCCC[SiH](C)Cl. The molecule has 1 atom stereocenters. The van der Waals surface area contributed by atoms with E-state index in [1.807, 2.05) is 0 Å². The van der Waals surface area contributed by atoms with E-state index < -0.39 is 8.11 Å². The number of hydrogen-bond donors (Lipinski definition) is 0. The van der Waals surface area contributed by atoms with Crippen molar-refractivity contribution in [3.63, 3.8) is 0 Å². The van der Waals surface area contributed by atoms with Crippen LogP contribution in [-0.4, -0.2) is 8.11 Å². The summed E-state index contributed by atoms with van der Waals surface area (Å²) >= 11 is 5.96. The van der Waals surface area contributed by atoms with Crippen molar-refractivity contribution in [3.05, 3.63) is 0 Å². The summed E-state index contributed by atoms with van der Waals surface area (Å²) in [6.07, 6.45) is 8.39. The lowest BCUT2D eigenvalue weighted by molar-refractivity contribution is 0.624. The van der Waals surface area contributed by atoms with Gasteiger partial charge < -0.3 is 0 Å². The molecule has 68 valence electrons. The quantitative estimate of drug-likeness (QED) is 0.326. The Balaban J connectivity index is 2.80. The molecule has 1 unspecified atom stereocenters. The van der Waals surface area contributed by atoms with E-state index in [0.29, 0.717) is 0 Å². The van der Waals surface area contributed by atoms with Crippen molar-refractivity contribution in [2.45, 2.75) is 58.0 Å². The van der Waals surface area contributed by atoms with Gasteiger partial charge in [0.2, 0.25) is 0 Å². The molecule has 0 saturated carbocycles. The summed E-state index contributed by atoms with van der Waals surface area (Å²) in [5, 5.41) is 0. The summed E-state index contributed by atoms with van der Waals surface area (Å²) in [4.78, 5) is 0. The van der Waals surface area contributed by atoms with Crippen LogP contribution < -0.4 is 0 Å². The molecule has 0 aliphatic carbocycles. The first-order valence-electron chi connectivity index (χ1n) is 4.91. The van der Waals surface area contributed by atoms with E-state index in [-0.39, 0.29) is 0 Å². The second-order valence-electron chi connectivity index (χ2n) is 3.34. The Labute approximate surface area is 77.6 Å². The van der Waals surface area contributed by atoms with Crippen molar-refractivity contribution < 1.29 is 0 Å². The Morgan fingerprint density at radius 3 is 2.09 bits per heavy atom. The number of rotatable bonds is 7. The van der Waals surface area contributed by atoms with E-state index in [2.05, 4.69) is 13.5 Å². The zero-order chi connectivity index (χ0) is 8.53. The van der Waals surface area contributed by atoms with Crippen LogP contribution in [0.1, 0.15) is 45.4 Å². The molecule has 0 aromatic heterocycles. The molecule has 11 heavy (non-hydrogen) atoms. The van der Waals surface area contributed by atoms with Crippen molar-refractivity contribution in [1.29, 1.82) is 0 Å². The fourth-order valence-electron chi connectivity index (χ4n) is 1.21. The molecule has 0 spiro atoms. The average Bonchev–Trinajstić information content (AvgIpc) is 1.96. The van der Waals surface area contributed by atoms with E-state index in [1.54, 1.807) is 0 Å². The summed E-state index contributed by atoms with van der Waals surface area (Å²) < 4.78 is 0. The molecule has 0 saturated heterocycles. The Kier molecular flexibility index (Phi) is 9.00. The molecule has 2 heteroatoms. The van der Waals surface area contributed by atoms with Crippen molar-refractivity contribution in [2.24, 2.45) is 0 Å². The van der Waals surface area contributed by atoms with Gasteiger partial charge in [-0.25, -0.2) is 0 Å². The maximum Gasteiger partial charge on any atom is 0.138 e. The molecule has 0 heterocycles. The van der Waals surface area contributed by atoms with E-state index in [9.17, 15) is 0 Å². The van der Waals surface area contributed by atoms with Crippen molar-refractivity contribution in [2.75, 3.05) is 0 Å². The lowest BCUT2D eigenvalue weighted by atomic mass is 10.1. The smallest absolute Gasteiger partial charge is 0.138 e. The standard InChI is InChI=1S/C9H21ClSi/c1-3-4-5-6-7-8-9-11(2)10/h11H,3-9H2,1-2H3. The third kappa shape index (κ3) is 10.5. The minimum absolute atomic E-state index is 0.757. The summed E-state index contributed by atoms with van der Waals surface area (Å²) in [6.45, 7) is 4.47. The summed E-state index contributed by atoms with van der Waals surface area (Å²) in [5.74, 6) is 0. The fourth-order valence-corrected chi connectivity index (χ4v) is 2.52. The van der Waals surface area contributed by atoms with Crippen LogP contribution in [0.3, 0.4) is 0 Å². The minimum Gasteiger partial charge on any atom is -0.172 e. The lowest BCUT2D eigenvalue weighted by Crippen LogP contribution is -1.94. The van der Waals surface area contributed by atoms with Gasteiger partial charge in [0.15, 0.2) is 0 Å². The second-order valence-corrected chi connectivity index (χ2v) is 7.71. The molecule has 0 N–H and O–H groups in total. The third-order valence-electron chi connectivity index (χ3n) is 1.96. The minimum atomic E-state index is -0.757. The number of hydrogen-bond acceptors (Lipinski definition) is 0. The van der Waals surface area contributed by atoms with Crippen LogP contribution in [0.15, 0.2) is 0 Å². The normalized spacial score (nSPS) is 13.4. The molecule has 0 aromatic carbocycles. The molecule has 0 amide bonds. The van der Waals surface area contributed by atoms with Crippen LogP contribution in [0.2, 0.25) is 12.6 Å². The van der Waals surface area contributed by atoms with Gasteiger partial charge in [-0.2, -0.15) is 11.1 Å². The van der Waals surface area contributed by atoms with Crippen LogP contribution in [0.25, 0.3) is 0 Å². The maximum absolute atomic E-state index is 5.96. The van der Waals surface area contributed by atoms with Gasteiger partial charge in [-0.1, -0.05) is 52.0 Å². The summed E-state index contributed by atoms with van der Waals surface area (Å²) in [6, 6.07) is 1.33. The molecular weight excluding hydrogens is 172 g/mol. The van der Waals surface area contributed by atoms with Gasteiger partial charge in [0.1, 0.15) is 8.11 Å². The van der Waals surface area contributed by atoms with E-state index >= 15 is 0 Å². The van der Waals surface area contributed by atoms with Crippen LogP contribution in [0.5, 0.6) is 0 Å². The zero-order valence-electron chi connectivity index (χ0n) is 7.91. The summed E-state index contributed by atoms with van der Waals surface area (Å²) in [5.41, 5.74) is 0. The molecule has 0 radical (unpaired) electrons. The van der Waals surface area contributed by atoms with Gasteiger partial charge in [0.25, 0.3) is 0 Å². The first kappa shape index (κ1) is 11.5. The second kappa shape index (κ2) is 8.60. The van der Waals surface area contributed by atoms with Crippen molar-refractivity contribution in [3.8, 4) is 0 Å². The van der Waals surface area contributed by atoms with Crippen molar-refractivity contribution >= 4 is 19.2 Å². The molecule has 0 aliphatic rings. The molecule has 0 fully saturated rings. The van der Waals surface area contributed by atoms with Gasteiger partial charge in [-0.15, -0.1) is 0 Å². The molecular formula is C9H21ClSi. The van der Waals surface area contributed by atoms with Gasteiger partial charge in [-0.05, 0) is 6.04 Å². The summed E-state index contributed by atoms with van der Waals surface area (Å²) in [7, 11) is -0.757. The predicted molar refractivity (Wildman–Crippen MR) is 57.0 cm³/mol. The Hall–Kier alpha value is 0.507. The fraction of sp³-hybridized carbons (Fsp3) is 1.00. The zero-order valence-corrected chi connectivity index (χ0v) is 9.82. The molecule has 0 rings (SSSR count). The molecule has 0 aliphatic heterocycles. The van der Waals surface area contributed by atoms with E-state index in [1.165, 1.54) is 44.6 Å². The van der Waals surface area contributed by atoms with Crippen LogP contribution in [0, 0.1) is 0 Å². The first-order valence-corrected chi connectivity index (χ1v) is 8.63. The van der Waals surface area contributed by atoms with Gasteiger partial charge in [0, 0.05) is 0 Å². The average molecular weight is 193 g/mol. The van der Waals surface area contributed by atoms with Gasteiger partial charge >= 0.3 is 0 Å². The lowest BCUT2D eigenvalue weighted by Gasteiger charge is -2.00. The number of halogens is 1. The highest BCUT2D eigenvalue weighted by molar-refractivity contribution is 7.06. The van der Waals surface area contributed by atoms with Crippen LogP contribution in [0.4, 0.5) is 0 Å². The maximum atomic E-state index is 5.96.